The Hall–Kier alpha value is -3.84. The number of methoxy groups -OCH3 is 1. The molecule has 0 saturated carbocycles. The number of nitrogens with one attached hydrogen (secondary N) is 1. The number of esters is 1. The number of ether oxygens (including phenoxy) is 5. The molecule has 3 aliphatic rings. The number of cyclic esters (lactones) is 1. The average molecular weight is 820 g/mol. The van der Waals surface area contributed by atoms with E-state index in [0.29, 0.717) is 43.5 Å². The number of imidazole rings is 1. The maximum absolute atomic E-state index is 16.9. The predicted molar refractivity (Wildman–Crippen MR) is 209 cm³/mol. The number of nitrogens with two attached hydrogens (primary N) is 1. The molecule has 1 amide bonds. The Morgan fingerprint density at radius 1 is 1.03 bits per heavy atom. The monoisotopic (exact) mass is 819 g/mol. The van der Waals surface area contributed by atoms with Crippen molar-refractivity contribution in [2.75, 3.05) is 25.9 Å². The summed E-state index contributed by atoms with van der Waals surface area (Å²) in [6.45, 7) is 15.6. The number of anilines is 1. The standard InChI is InChI=1S/C40H62FN7O10/c1-11-26-40(9)30(48(37(53)58-40)16-14-13-15-47-20-46-27-33(42)44-19-45-34(27)47)23(5)28(49)21(3)18-38(7,54-10)32(24(6)31(51)39(8,41)36(52)56-26)57-35-29(50)25(43-12-2)17-22(4)55-35/h19-26,29-30,32,35,43,50H,11-18H2,1-10H3,(H2,42,44,45)/t21-,22-,23+,24-,25+,26-,29+,30?,32-,35+,38-,39+,40-/m1/s1. The number of fused-ring (bicyclic) bond motifs is 2. The summed E-state index contributed by atoms with van der Waals surface area (Å²) in [6, 6.07) is -1.35. The van der Waals surface area contributed by atoms with Crippen molar-refractivity contribution in [2.24, 2.45) is 17.8 Å². The van der Waals surface area contributed by atoms with Crippen LogP contribution in [0.2, 0.25) is 0 Å². The van der Waals surface area contributed by atoms with Crippen molar-refractivity contribution < 1.29 is 52.4 Å². The van der Waals surface area contributed by atoms with E-state index in [1.807, 2.05) is 18.4 Å². The number of hydrogen-bond acceptors (Lipinski definition) is 15. The van der Waals surface area contributed by atoms with Gasteiger partial charge in [-0.3, -0.25) is 9.59 Å². The first-order valence-corrected chi connectivity index (χ1v) is 20.4. The summed E-state index contributed by atoms with van der Waals surface area (Å²) >= 11 is 0. The second kappa shape index (κ2) is 17.8. The van der Waals surface area contributed by atoms with Gasteiger partial charge in [-0.15, -0.1) is 0 Å². The number of likely N-dealkylation sites (N-methyl/N-ethyl adjacent to an activating group) is 1. The van der Waals surface area contributed by atoms with Crippen LogP contribution in [0.25, 0.3) is 11.2 Å². The number of nitrogen functional groups attached to an aromatic ring is 1. The molecule has 4 N–H and O–H groups in total. The molecule has 58 heavy (non-hydrogen) atoms. The zero-order chi connectivity index (χ0) is 42.9. The first-order valence-electron chi connectivity index (χ1n) is 20.4. The van der Waals surface area contributed by atoms with Crippen LogP contribution in [0.4, 0.5) is 15.0 Å². The number of ketones is 2. The van der Waals surface area contributed by atoms with Crippen molar-refractivity contribution in [1.29, 1.82) is 0 Å². The normalized spacial score (nSPS) is 38.0. The zero-order valence-corrected chi connectivity index (χ0v) is 35.4. The number of unbranched alkanes of at least 4 members (excludes halogenated alkanes) is 1. The number of nitrogens with zero attached hydrogens (tertiary/aromatic N) is 5. The Morgan fingerprint density at radius 3 is 2.38 bits per heavy atom. The van der Waals surface area contributed by atoms with Gasteiger partial charge in [0, 0.05) is 44.0 Å². The molecule has 3 saturated heterocycles. The third kappa shape index (κ3) is 8.58. The molecule has 18 heteroatoms. The third-order valence-corrected chi connectivity index (χ3v) is 12.5. The first-order chi connectivity index (χ1) is 27.2. The van der Waals surface area contributed by atoms with Crippen LogP contribution in [0.1, 0.15) is 94.4 Å². The highest BCUT2D eigenvalue weighted by Gasteiger charge is 2.61. The van der Waals surface area contributed by atoms with Crippen LogP contribution < -0.4 is 11.1 Å². The van der Waals surface area contributed by atoms with E-state index in [9.17, 15) is 24.3 Å². The Kier molecular flexibility index (Phi) is 13.9. The minimum atomic E-state index is -3.19. The Morgan fingerprint density at radius 2 is 1.72 bits per heavy atom. The van der Waals surface area contributed by atoms with Gasteiger partial charge in [0.15, 0.2) is 29.1 Å². The lowest BCUT2D eigenvalue weighted by atomic mass is 9.73. The molecule has 5 heterocycles. The van der Waals surface area contributed by atoms with E-state index in [1.165, 1.54) is 25.3 Å². The molecule has 324 valence electrons. The molecule has 0 aromatic carbocycles. The minimum Gasteiger partial charge on any atom is -0.455 e. The molecule has 13 atom stereocenters. The van der Waals surface area contributed by atoms with E-state index in [-0.39, 0.29) is 37.1 Å². The lowest BCUT2D eigenvalue weighted by Gasteiger charge is -2.46. The molecule has 17 nitrogen and oxygen atoms in total. The van der Waals surface area contributed by atoms with Crippen LogP contribution in [0, 0.1) is 17.8 Å². The fourth-order valence-corrected chi connectivity index (χ4v) is 9.32. The van der Waals surface area contributed by atoms with E-state index >= 15 is 4.39 Å². The number of halogens is 1. The number of aliphatic hydroxyl groups excluding tert-OH is 1. The summed E-state index contributed by atoms with van der Waals surface area (Å²) in [6.07, 6.45) is -1.46. The minimum absolute atomic E-state index is 0.0141. The van der Waals surface area contributed by atoms with Gasteiger partial charge >= 0.3 is 12.1 Å². The topological polar surface area (TPSA) is 220 Å². The summed E-state index contributed by atoms with van der Waals surface area (Å²) in [5, 5.41) is 14.6. The highest BCUT2D eigenvalue weighted by molar-refractivity contribution is 6.08. The highest BCUT2D eigenvalue weighted by atomic mass is 19.1. The fraction of sp³-hybridized carbons (Fsp3) is 0.775. The molecule has 2 aromatic rings. The van der Waals surface area contributed by atoms with Crippen molar-refractivity contribution in [1.82, 2.24) is 29.7 Å². The molecule has 1 unspecified atom stereocenters. The molecular formula is C40H62FN7O10. The van der Waals surface area contributed by atoms with Crippen molar-refractivity contribution in [3.05, 3.63) is 12.7 Å². The molecule has 0 spiro atoms. The lowest BCUT2D eigenvalue weighted by Crippen LogP contribution is -2.62. The highest BCUT2D eigenvalue weighted by Crippen LogP contribution is 2.43. The number of Topliss-reactive ketones (excluding diaryl/α,β-unsaturated/α-hetero) is 2. The molecule has 2 aromatic heterocycles. The van der Waals surface area contributed by atoms with Crippen molar-refractivity contribution in [3.63, 3.8) is 0 Å². The van der Waals surface area contributed by atoms with Gasteiger partial charge < -0.3 is 49.3 Å². The van der Waals surface area contributed by atoms with Crippen LogP contribution in [-0.4, -0.2) is 133 Å². The SMILES string of the molecule is CCN[C@H]1C[C@@H](C)O[C@@H](O[C@@H]2[C@H](C)C(=O)[C@](C)(F)C(=O)O[C@H](CC)[C@@]3(C)OC(=O)N(CCCCn4cnc5c(N)ncnc54)C3[C@@H](C)C(=O)[C@H](C)C[C@@]2(C)OC)[C@H]1O. The van der Waals surface area contributed by atoms with Gasteiger partial charge in [-0.05, 0) is 66.3 Å². The van der Waals surface area contributed by atoms with Crippen molar-refractivity contribution in [2.45, 2.75) is 161 Å². The van der Waals surface area contributed by atoms with E-state index in [4.69, 9.17) is 29.4 Å². The van der Waals surface area contributed by atoms with Gasteiger partial charge in [-0.1, -0.05) is 34.6 Å². The van der Waals surface area contributed by atoms with Gasteiger partial charge in [-0.25, -0.2) is 28.9 Å². The van der Waals surface area contributed by atoms with Gasteiger partial charge in [0.1, 0.15) is 29.8 Å². The van der Waals surface area contributed by atoms with E-state index in [1.54, 1.807) is 40.9 Å². The summed E-state index contributed by atoms with van der Waals surface area (Å²) in [7, 11) is 1.39. The third-order valence-electron chi connectivity index (χ3n) is 12.5. The quantitative estimate of drug-likeness (QED) is 0.168. The van der Waals surface area contributed by atoms with Crippen LogP contribution in [0.15, 0.2) is 12.7 Å². The van der Waals surface area contributed by atoms with E-state index in [0.717, 1.165) is 6.92 Å². The van der Waals surface area contributed by atoms with Gasteiger partial charge in [0.2, 0.25) is 0 Å². The summed E-state index contributed by atoms with van der Waals surface area (Å²) in [5.74, 6) is -5.60. The van der Waals surface area contributed by atoms with Crippen molar-refractivity contribution in [3.8, 4) is 0 Å². The maximum Gasteiger partial charge on any atom is 0.410 e. The smallest absolute Gasteiger partial charge is 0.410 e. The molecule has 0 bridgehead atoms. The molecular weight excluding hydrogens is 757 g/mol. The second-order valence-electron chi connectivity index (χ2n) is 16.8. The van der Waals surface area contributed by atoms with Gasteiger partial charge in [-0.2, -0.15) is 0 Å². The first kappa shape index (κ1) is 45.2. The average Bonchev–Trinajstić information content (AvgIpc) is 3.72. The van der Waals surface area contributed by atoms with Crippen LogP contribution >= 0.6 is 0 Å². The maximum atomic E-state index is 16.9. The number of carbonyl (C=O) groups excluding carboxylic acids is 4. The molecule has 5 rings (SSSR count). The number of alkyl halides is 1. The summed E-state index contributed by atoms with van der Waals surface area (Å²) in [4.78, 5) is 70.7. The Bertz CT molecular complexity index is 1810. The fourth-order valence-electron chi connectivity index (χ4n) is 9.32. The van der Waals surface area contributed by atoms with Crippen LogP contribution in [0.3, 0.4) is 0 Å². The second-order valence-corrected chi connectivity index (χ2v) is 16.8. The number of rotatable bonds is 11. The number of aromatic nitrogens is 4. The number of carbonyl (C=O) groups is 4. The zero-order valence-electron chi connectivity index (χ0n) is 35.4. The molecule has 0 radical (unpaired) electrons. The molecule has 0 aliphatic carbocycles. The Labute approximate surface area is 339 Å². The number of hydrogen-bond donors (Lipinski definition) is 3. The van der Waals surface area contributed by atoms with E-state index in [2.05, 4.69) is 20.3 Å². The Balaban J connectivity index is 1.48. The number of aryl methyl sites for hydroxylation is 1. The van der Waals surface area contributed by atoms with Crippen LogP contribution in [-0.2, 0) is 44.6 Å². The largest absolute Gasteiger partial charge is 0.455 e. The predicted octanol–water partition coefficient (Wildman–Crippen LogP) is 3.53. The summed E-state index contributed by atoms with van der Waals surface area (Å²) in [5.41, 5.74) is 0.752. The van der Waals surface area contributed by atoms with Crippen LogP contribution in [0.5, 0.6) is 0 Å². The van der Waals surface area contributed by atoms with Gasteiger partial charge in [0.05, 0.1) is 30.2 Å². The summed E-state index contributed by atoms with van der Waals surface area (Å²) < 4.78 is 49.2. The lowest BCUT2D eigenvalue weighted by molar-refractivity contribution is -0.290. The van der Waals surface area contributed by atoms with Crippen molar-refractivity contribution >= 4 is 40.6 Å². The van der Waals surface area contributed by atoms with E-state index < -0.39 is 89.2 Å². The number of amides is 1. The number of aliphatic hydroxyl groups is 1. The molecule has 3 aliphatic heterocycles. The van der Waals surface area contributed by atoms with Gasteiger partial charge in [0.25, 0.3) is 5.67 Å². The molecule has 3 fully saturated rings.